The molecule has 25 heavy (non-hydrogen) atoms. The number of anilines is 1. The SMILES string of the molecule is Cc1cccc(N2CCN(C(=O)c3cn4cc(Cl)ccc4n3)CC2)c1. The number of piperazine rings is 1. The van der Waals surface area contributed by atoms with Gasteiger partial charge in [0.1, 0.15) is 11.3 Å². The number of carbonyl (C=O) groups excluding carboxylic acids is 1. The molecule has 0 aliphatic carbocycles. The van der Waals surface area contributed by atoms with Crippen LogP contribution in [0.4, 0.5) is 5.69 Å². The largest absolute Gasteiger partial charge is 0.368 e. The number of hydrogen-bond acceptors (Lipinski definition) is 3. The predicted octanol–water partition coefficient (Wildman–Crippen LogP) is 3.26. The van der Waals surface area contributed by atoms with E-state index in [2.05, 4.69) is 41.1 Å². The first-order chi connectivity index (χ1) is 12.1. The van der Waals surface area contributed by atoms with Crippen LogP contribution in [0.15, 0.2) is 48.8 Å². The number of benzene rings is 1. The van der Waals surface area contributed by atoms with Gasteiger partial charge in [0, 0.05) is 44.3 Å². The summed E-state index contributed by atoms with van der Waals surface area (Å²) >= 11 is 5.99. The molecule has 5 nitrogen and oxygen atoms in total. The minimum Gasteiger partial charge on any atom is -0.368 e. The van der Waals surface area contributed by atoms with Crippen LogP contribution in [0.5, 0.6) is 0 Å². The maximum Gasteiger partial charge on any atom is 0.274 e. The van der Waals surface area contributed by atoms with Gasteiger partial charge in [0.25, 0.3) is 5.91 Å². The first-order valence-corrected chi connectivity index (χ1v) is 8.73. The maximum absolute atomic E-state index is 12.8. The molecule has 1 aliphatic heterocycles. The molecule has 0 bridgehead atoms. The number of halogens is 1. The van der Waals surface area contributed by atoms with E-state index in [0.29, 0.717) is 23.8 Å². The van der Waals surface area contributed by atoms with Crippen molar-refractivity contribution in [3.63, 3.8) is 0 Å². The summed E-state index contributed by atoms with van der Waals surface area (Å²) in [6.07, 6.45) is 3.51. The van der Waals surface area contributed by atoms with E-state index < -0.39 is 0 Å². The number of rotatable bonds is 2. The van der Waals surface area contributed by atoms with Crippen LogP contribution in [0.2, 0.25) is 5.02 Å². The maximum atomic E-state index is 12.8. The Kier molecular flexibility index (Phi) is 4.09. The average Bonchev–Trinajstić information content (AvgIpc) is 3.04. The third kappa shape index (κ3) is 3.20. The number of aryl methyl sites for hydroxylation is 1. The monoisotopic (exact) mass is 354 g/mol. The van der Waals surface area contributed by atoms with Crippen LogP contribution in [0.1, 0.15) is 16.1 Å². The lowest BCUT2D eigenvalue weighted by molar-refractivity contribution is 0.0741. The summed E-state index contributed by atoms with van der Waals surface area (Å²) in [6.45, 7) is 5.14. The summed E-state index contributed by atoms with van der Waals surface area (Å²) in [5.74, 6) is -0.0243. The molecular formula is C19H19ClN4O. The number of nitrogens with zero attached hydrogens (tertiary/aromatic N) is 4. The highest BCUT2D eigenvalue weighted by Gasteiger charge is 2.24. The van der Waals surface area contributed by atoms with Gasteiger partial charge in [-0.1, -0.05) is 23.7 Å². The van der Waals surface area contributed by atoms with Gasteiger partial charge < -0.3 is 14.2 Å². The van der Waals surface area contributed by atoms with Crippen molar-refractivity contribution in [2.75, 3.05) is 31.1 Å². The zero-order valence-corrected chi connectivity index (χ0v) is 14.8. The lowest BCUT2D eigenvalue weighted by atomic mass is 10.2. The molecule has 0 atom stereocenters. The second kappa shape index (κ2) is 6.41. The topological polar surface area (TPSA) is 40.9 Å². The lowest BCUT2D eigenvalue weighted by Crippen LogP contribution is -2.48. The van der Waals surface area contributed by atoms with E-state index in [1.165, 1.54) is 11.3 Å². The predicted molar refractivity (Wildman–Crippen MR) is 99.5 cm³/mol. The number of imidazole rings is 1. The van der Waals surface area contributed by atoms with Gasteiger partial charge in [0.15, 0.2) is 0 Å². The molecule has 6 heteroatoms. The molecule has 1 amide bonds. The Morgan fingerprint density at radius 3 is 2.64 bits per heavy atom. The first kappa shape index (κ1) is 16.0. The molecule has 0 spiro atoms. The molecule has 1 saturated heterocycles. The minimum absolute atomic E-state index is 0.0243. The highest BCUT2D eigenvalue weighted by atomic mass is 35.5. The van der Waals surface area contributed by atoms with Crippen LogP contribution in [0.3, 0.4) is 0 Å². The number of hydrogen-bond donors (Lipinski definition) is 0. The molecule has 0 N–H and O–H groups in total. The average molecular weight is 355 g/mol. The van der Waals surface area contributed by atoms with E-state index in [1.54, 1.807) is 22.9 Å². The Morgan fingerprint density at radius 1 is 1.08 bits per heavy atom. The summed E-state index contributed by atoms with van der Waals surface area (Å²) in [5, 5.41) is 0.621. The molecule has 0 unspecified atom stereocenters. The molecule has 0 radical (unpaired) electrons. The van der Waals surface area contributed by atoms with Crippen molar-refractivity contribution >= 4 is 28.8 Å². The Bertz CT molecular complexity index is 928. The molecule has 1 aliphatic rings. The van der Waals surface area contributed by atoms with Gasteiger partial charge in [0.2, 0.25) is 0 Å². The van der Waals surface area contributed by atoms with Crippen molar-refractivity contribution in [3.8, 4) is 0 Å². The van der Waals surface area contributed by atoms with Gasteiger partial charge in [-0.05, 0) is 36.8 Å². The summed E-state index contributed by atoms with van der Waals surface area (Å²) in [6, 6.07) is 12.1. The van der Waals surface area contributed by atoms with Crippen LogP contribution >= 0.6 is 11.6 Å². The summed E-state index contributed by atoms with van der Waals surface area (Å²) in [7, 11) is 0. The first-order valence-electron chi connectivity index (χ1n) is 8.35. The van der Waals surface area contributed by atoms with E-state index in [4.69, 9.17) is 11.6 Å². The second-order valence-electron chi connectivity index (χ2n) is 6.36. The molecule has 0 saturated carbocycles. The lowest BCUT2D eigenvalue weighted by Gasteiger charge is -2.36. The van der Waals surface area contributed by atoms with E-state index in [-0.39, 0.29) is 5.91 Å². The Morgan fingerprint density at radius 2 is 1.88 bits per heavy atom. The van der Waals surface area contributed by atoms with Crippen LogP contribution in [-0.4, -0.2) is 46.4 Å². The minimum atomic E-state index is -0.0243. The highest BCUT2D eigenvalue weighted by Crippen LogP contribution is 2.19. The van der Waals surface area contributed by atoms with E-state index in [0.717, 1.165) is 18.7 Å². The standard InChI is InChI=1S/C19H19ClN4O/c1-14-3-2-4-16(11-14)22-7-9-23(10-8-22)19(25)17-13-24-12-15(20)5-6-18(24)21-17/h2-6,11-13H,7-10H2,1H3. The summed E-state index contributed by atoms with van der Waals surface area (Å²) < 4.78 is 1.79. The van der Waals surface area contributed by atoms with Gasteiger partial charge in [-0.3, -0.25) is 4.79 Å². The fraction of sp³-hybridized carbons (Fsp3) is 0.263. The summed E-state index contributed by atoms with van der Waals surface area (Å²) in [4.78, 5) is 21.4. The molecule has 1 fully saturated rings. The van der Waals surface area contributed by atoms with Gasteiger partial charge >= 0.3 is 0 Å². The third-order valence-electron chi connectivity index (χ3n) is 4.57. The highest BCUT2D eigenvalue weighted by molar-refractivity contribution is 6.30. The number of aromatic nitrogens is 2. The van der Waals surface area contributed by atoms with Crippen molar-refractivity contribution in [2.45, 2.75) is 6.92 Å². The second-order valence-corrected chi connectivity index (χ2v) is 6.79. The van der Waals surface area contributed by atoms with Gasteiger partial charge in [-0.25, -0.2) is 4.98 Å². The van der Waals surface area contributed by atoms with Crippen LogP contribution < -0.4 is 4.90 Å². The molecule has 4 rings (SSSR count). The van der Waals surface area contributed by atoms with E-state index in [1.807, 2.05) is 11.0 Å². The fourth-order valence-electron chi connectivity index (χ4n) is 3.22. The van der Waals surface area contributed by atoms with Gasteiger partial charge in [-0.15, -0.1) is 0 Å². The zero-order valence-electron chi connectivity index (χ0n) is 14.0. The van der Waals surface area contributed by atoms with Crippen molar-refractivity contribution in [2.24, 2.45) is 0 Å². The molecule has 3 aromatic rings. The van der Waals surface area contributed by atoms with Crippen LogP contribution in [0.25, 0.3) is 5.65 Å². The van der Waals surface area contributed by atoms with Crippen molar-refractivity contribution in [3.05, 3.63) is 65.1 Å². The molecule has 128 valence electrons. The Labute approximate surface area is 151 Å². The molecular weight excluding hydrogens is 336 g/mol. The third-order valence-corrected chi connectivity index (χ3v) is 4.79. The van der Waals surface area contributed by atoms with Crippen LogP contribution in [0, 0.1) is 6.92 Å². The number of fused-ring (bicyclic) bond motifs is 1. The van der Waals surface area contributed by atoms with Crippen LogP contribution in [-0.2, 0) is 0 Å². The Hall–Kier alpha value is -2.53. The molecule has 1 aromatic carbocycles. The van der Waals surface area contributed by atoms with Crippen molar-refractivity contribution < 1.29 is 4.79 Å². The number of pyridine rings is 1. The Balaban J connectivity index is 1.47. The van der Waals surface area contributed by atoms with Crippen molar-refractivity contribution in [1.82, 2.24) is 14.3 Å². The molecule has 3 heterocycles. The zero-order chi connectivity index (χ0) is 17.4. The normalized spacial score (nSPS) is 15.0. The van der Waals surface area contributed by atoms with Crippen molar-refractivity contribution in [1.29, 1.82) is 0 Å². The van der Waals surface area contributed by atoms with Gasteiger partial charge in [-0.2, -0.15) is 0 Å². The van der Waals surface area contributed by atoms with E-state index >= 15 is 0 Å². The summed E-state index contributed by atoms with van der Waals surface area (Å²) in [5.41, 5.74) is 3.66. The van der Waals surface area contributed by atoms with Gasteiger partial charge in [0.05, 0.1) is 5.02 Å². The number of carbonyl (C=O) groups is 1. The van der Waals surface area contributed by atoms with E-state index in [9.17, 15) is 4.79 Å². The molecule has 2 aromatic heterocycles. The quantitative estimate of drug-likeness (QED) is 0.709. The number of amides is 1. The fourth-order valence-corrected chi connectivity index (χ4v) is 3.39. The smallest absolute Gasteiger partial charge is 0.274 e.